The third-order valence-electron chi connectivity index (χ3n) is 22.3. The van der Waals surface area contributed by atoms with Crippen molar-refractivity contribution < 1.29 is 0 Å². The summed E-state index contributed by atoms with van der Waals surface area (Å²) < 4.78 is 9.45. The number of fused-ring (bicyclic) bond motifs is 12. The van der Waals surface area contributed by atoms with Crippen LogP contribution in [0.15, 0.2) is 437 Å². The Kier molecular flexibility index (Phi) is 16.7. The number of pyridine rings is 2. The summed E-state index contributed by atoms with van der Waals surface area (Å²) >= 11 is 0. The SMILES string of the molecule is c1ccc(-c2ccc(N(c3ccccc3)c3ccc(-n4c5ccccc5c5cc(-c6cccc7c6c6cnccc6n7-c6ccccc6)ccc54)cc3)cc2)cc1.c1ccc(N(c2ccccc2)c2ccc(-c3cccc(-n4c5ccccc5c5cc(-c6ccc7c(n6)c6ccccc6n7-c6ccccc6)ccc54)c3)cc2)cc1. The van der Waals surface area contributed by atoms with E-state index in [4.69, 9.17) is 4.98 Å². The Bertz CT molecular complexity index is 7260. The monoisotopic (exact) mass is 1460 g/mol. The first-order chi connectivity index (χ1) is 56.6. The topological polar surface area (TPSA) is 52.0 Å². The van der Waals surface area contributed by atoms with Crippen LogP contribution in [-0.2, 0) is 0 Å². The quantitative estimate of drug-likeness (QED) is 0.109. The summed E-state index contributed by atoms with van der Waals surface area (Å²) in [5, 5.41) is 8.37. The maximum absolute atomic E-state index is 5.34. The van der Waals surface area contributed by atoms with Gasteiger partial charge in [0.15, 0.2) is 0 Å². The van der Waals surface area contributed by atoms with Crippen LogP contribution in [0.25, 0.3) is 155 Å². The van der Waals surface area contributed by atoms with Crippen molar-refractivity contribution in [2.24, 2.45) is 0 Å². The molecule has 0 aliphatic heterocycles. The largest absolute Gasteiger partial charge is 0.311 e. The highest BCUT2D eigenvalue weighted by molar-refractivity contribution is 6.18. The van der Waals surface area contributed by atoms with Gasteiger partial charge in [0.1, 0.15) is 0 Å². The molecule has 0 aliphatic rings. The van der Waals surface area contributed by atoms with E-state index >= 15 is 0 Å². The normalized spacial score (nSPS) is 11.5. The first-order valence-corrected chi connectivity index (χ1v) is 38.8. The molecule has 16 aromatic carbocycles. The number of hydrogen-bond acceptors (Lipinski definition) is 4. The fraction of sp³-hybridized carbons (Fsp3) is 0. The molecule has 0 amide bonds. The smallest absolute Gasteiger partial charge is 0.0970 e. The van der Waals surface area contributed by atoms with Crippen LogP contribution in [-0.4, -0.2) is 28.2 Å². The van der Waals surface area contributed by atoms with Crippen molar-refractivity contribution in [3.8, 4) is 67.4 Å². The minimum Gasteiger partial charge on any atom is -0.311 e. The van der Waals surface area contributed by atoms with Gasteiger partial charge in [0.25, 0.3) is 0 Å². The molecule has 0 radical (unpaired) electrons. The van der Waals surface area contributed by atoms with Gasteiger partial charge in [-0.3, -0.25) is 4.98 Å². The second-order valence-electron chi connectivity index (χ2n) is 28.9. The molecule has 22 aromatic rings. The van der Waals surface area contributed by atoms with Gasteiger partial charge in [0.2, 0.25) is 0 Å². The van der Waals surface area contributed by atoms with E-state index in [1.807, 2.05) is 12.4 Å². The third-order valence-corrected chi connectivity index (χ3v) is 22.3. The van der Waals surface area contributed by atoms with Gasteiger partial charge in [0, 0.05) is 113 Å². The summed E-state index contributed by atoms with van der Waals surface area (Å²) in [6, 6.07) is 152. The molecule has 0 saturated heterocycles. The molecule has 6 heterocycles. The molecule has 114 heavy (non-hydrogen) atoms. The van der Waals surface area contributed by atoms with Crippen LogP contribution in [0.1, 0.15) is 0 Å². The highest BCUT2D eigenvalue weighted by Gasteiger charge is 2.23. The van der Waals surface area contributed by atoms with Crippen LogP contribution in [0.4, 0.5) is 34.1 Å². The second-order valence-corrected chi connectivity index (χ2v) is 28.9. The Morgan fingerprint density at radius 3 is 1.13 bits per heavy atom. The lowest BCUT2D eigenvalue weighted by Gasteiger charge is -2.26. The minimum atomic E-state index is 0.959. The van der Waals surface area contributed by atoms with Crippen LogP contribution in [0.5, 0.6) is 0 Å². The summed E-state index contributed by atoms with van der Waals surface area (Å²) in [6.07, 6.45) is 3.89. The Morgan fingerprint density at radius 1 is 0.202 bits per heavy atom. The molecule has 6 aromatic heterocycles. The van der Waals surface area contributed by atoms with E-state index in [0.29, 0.717) is 0 Å². The molecular weight excluding hydrogens is 1390 g/mol. The third kappa shape index (κ3) is 11.8. The summed E-state index contributed by atoms with van der Waals surface area (Å²) in [5.74, 6) is 0. The Labute approximate surface area is 659 Å². The number of para-hydroxylation sites is 8. The number of nitrogens with zero attached hydrogens (tertiary/aromatic N) is 8. The van der Waals surface area contributed by atoms with E-state index in [0.717, 1.165) is 106 Å². The number of hydrogen-bond donors (Lipinski definition) is 0. The van der Waals surface area contributed by atoms with Crippen molar-refractivity contribution in [1.29, 1.82) is 0 Å². The number of anilines is 6. The predicted octanol–water partition coefficient (Wildman–Crippen LogP) is 28.2. The highest BCUT2D eigenvalue weighted by atomic mass is 15.1. The van der Waals surface area contributed by atoms with Gasteiger partial charge in [-0.05, 0) is 221 Å². The van der Waals surface area contributed by atoms with Crippen molar-refractivity contribution >= 4 is 121 Å². The van der Waals surface area contributed by atoms with Gasteiger partial charge < -0.3 is 28.1 Å². The predicted molar refractivity (Wildman–Crippen MR) is 477 cm³/mol. The molecule has 0 fully saturated rings. The lowest BCUT2D eigenvalue weighted by atomic mass is 9.98. The number of rotatable bonds is 14. The molecule has 0 bridgehead atoms. The van der Waals surface area contributed by atoms with Gasteiger partial charge in [0.05, 0.1) is 55.3 Å². The van der Waals surface area contributed by atoms with Crippen LogP contribution in [0, 0.1) is 0 Å². The molecule has 8 heteroatoms. The average Bonchev–Trinajstić information content (AvgIpc) is 1.58. The van der Waals surface area contributed by atoms with E-state index in [-0.39, 0.29) is 0 Å². The van der Waals surface area contributed by atoms with E-state index in [1.165, 1.54) is 82.4 Å². The lowest BCUT2D eigenvalue weighted by Crippen LogP contribution is -2.10. The van der Waals surface area contributed by atoms with E-state index in [9.17, 15) is 0 Å². The fourth-order valence-corrected chi connectivity index (χ4v) is 17.1. The van der Waals surface area contributed by atoms with Gasteiger partial charge in [-0.15, -0.1) is 0 Å². The van der Waals surface area contributed by atoms with Crippen molar-refractivity contribution in [3.05, 3.63) is 437 Å². The van der Waals surface area contributed by atoms with Crippen LogP contribution < -0.4 is 9.80 Å². The van der Waals surface area contributed by atoms with Crippen LogP contribution in [0.2, 0.25) is 0 Å². The molecule has 8 nitrogen and oxygen atoms in total. The molecule has 0 spiro atoms. The van der Waals surface area contributed by atoms with Gasteiger partial charge in [-0.1, -0.05) is 237 Å². The van der Waals surface area contributed by atoms with Gasteiger partial charge in [-0.2, -0.15) is 0 Å². The van der Waals surface area contributed by atoms with E-state index in [2.05, 4.69) is 458 Å². The number of aromatic nitrogens is 6. The molecule has 22 rings (SSSR count). The zero-order chi connectivity index (χ0) is 75.4. The molecule has 0 aliphatic carbocycles. The van der Waals surface area contributed by atoms with Crippen molar-refractivity contribution in [3.63, 3.8) is 0 Å². The van der Waals surface area contributed by atoms with Gasteiger partial charge in [-0.25, -0.2) is 4.98 Å². The molecule has 0 unspecified atom stereocenters. The van der Waals surface area contributed by atoms with Crippen LogP contribution in [0.3, 0.4) is 0 Å². The van der Waals surface area contributed by atoms with E-state index in [1.54, 1.807) is 0 Å². The summed E-state index contributed by atoms with van der Waals surface area (Å²) in [6.45, 7) is 0. The zero-order valence-corrected chi connectivity index (χ0v) is 62.1. The summed E-state index contributed by atoms with van der Waals surface area (Å²) in [7, 11) is 0. The maximum Gasteiger partial charge on any atom is 0.0970 e. The van der Waals surface area contributed by atoms with Crippen molar-refractivity contribution in [1.82, 2.24) is 28.2 Å². The Morgan fingerprint density at radius 2 is 0.561 bits per heavy atom. The fourth-order valence-electron chi connectivity index (χ4n) is 17.1. The highest BCUT2D eigenvalue weighted by Crippen LogP contribution is 2.45. The molecule has 0 N–H and O–H groups in total. The van der Waals surface area contributed by atoms with E-state index < -0.39 is 0 Å². The zero-order valence-electron chi connectivity index (χ0n) is 62.1. The second kappa shape index (κ2) is 28.6. The minimum absolute atomic E-state index is 0.959. The molecular formula is C106H72N8. The standard InChI is InChI=1S/2C53H36N4/c1-4-16-40(17-5-1)55(41-18-6-2-7-19-41)43-30-27-37(28-31-43)38-15-14-22-44(35-38)57-49-25-12-10-23-45(49)47-36-39(29-33-51(47)57)48-32-34-52-53(54-48)46-24-11-13-26-50(46)56(52)42-20-8-3-9-21-42;1-4-13-37(14-5-1)38-23-26-42(27-24-38)55(40-15-6-2-7-16-40)43-28-30-44(31-29-43)56-49-21-11-10-19-46(49)47-35-39(25-32-50(47)56)45-20-12-22-52-53(45)48-36-54-34-33-51(48)57(52)41-17-8-3-9-18-41/h2*1-36H. The van der Waals surface area contributed by atoms with Crippen molar-refractivity contribution in [2.75, 3.05) is 9.80 Å². The molecule has 0 saturated carbocycles. The molecule has 536 valence electrons. The maximum atomic E-state index is 5.34. The molecule has 0 atom stereocenters. The van der Waals surface area contributed by atoms with Gasteiger partial charge >= 0.3 is 0 Å². The Hall–Kier alpha value is -15.4. The van der Waals surface area contributed by atoms with Crippen LogP contribution >= 0.6 is 0 Å². The summed E-state index contributed by atoms with van der Waals surface area (Å²) in [5.41, 5.74) is 30.6. The first-order valence-electron chi connectivity index (χ1n) is 38.8. The summed E-state index contributed by atoms with van der Waals surface area (Å²) in [4.78, 5) is 14.5. The van der Waals surface area contributed by atoms with Crippen molar-refractivity contribution in [2.45, 2.75) is 0 Å². The average molecular weight is 1460 g/mol. The number of benzene rings is 16. The Balaban J connectivity index is 0.000000143. The first kappa shape index (κ1) is 66.8. The lowest BCUT2D eigenvalue weighted by molar-refractivity contribution is 1.17.